The van der Waals surface area contributed by atoms with E-state index in [0.717, 1.165) is 6.42 Å². The standard InChI is InChI=1S/C12H17N3O4/c1-4-18-12(17)15-7-5-6-14(15)11(16)10-8(2)13-19-9(10)3/h4-7H2,1-3H3. The lowest BCUT2D eigenvalue weighted by Gasteiger charge is -2.26. The minimum absolute atomic E-state index is 0.276. The number of hydrogen-bond acceptors (Lipinski definition) is 5. The van der Waals surface area contributed by atoms with Crippen molar-refractivity contribution in [3.8, 4) is 0 Å². The molecule has 1 aromatic heterocycles. The highest BCUT2D eigenvalue weighted by molar-refractivity contribution is 5.97. The van der Waals surface area contributed by atoms with E-state index in [1.807, 2.05) is 0 Å². The Hall–Kier alpha value is -2.05. The lowest BCUT2D eigenvalue weighted by atomic mass is 10.2. The Balaban J connectivity index is 2.21. The van der Waals surface area contributed by atoms with Crippen LogP contribution in [-0.4, -0.2) is 46.9 Å². The van der Waals surface area contributed by atoms with Gasteiger partial charge in [0.2, 0.25) is 0 Å². The van der Waals surface area contributed by atoms with Gasteiger partial charge in [-0.2, -0.15) is 0 Å². The maximum atomic E-state index is 12.4. The molecule has 0 N–H and O–H groups in total. The second-order valence-electron chi connectivity index (χ2n) is 4.30. The van der Waals surface area contributed by atoms with Crippen LogP contribution in [0.25, 0.3) is 0 Å². The van der Waals surface area contributed by atoms with Gasteiger partial charge in [-0.3, -0.25) is 4.79 Å². The number of aromatic nitrogens is 1. The lowest BCUT2D eigenvalue weighted by Crippen LogP contribution is -2.45. The van der Waals surface area contributed by atoms with Crippen molar-refractivity contribution in [1.29, 1.82) is 0 Å². The zero-order valence-corrected chi connectivity index (χ0v) is 11.3. The molecule has 7 nitrogen and oxygen atoms in total. The molecule has 2 rings (SSSR count). The number of carbonyl (C=O) groups is 2. The van der Waals surface area contributed by atoms with Gasteiger partial charge >= 0.3 is 6.09 Å². The summed E-state index contributed by atoms with van der Waals surface area (Å²) in [7, 11) is 0. The summed E-state index contributed by atoms with van der Waals surface area (Å²) in [6, 6.07) is 0. The highest BCUT2D eigenvalue weighted by Gasteiger charge is 2.34. The van der Waals surface area contributed by atoms with Gasteiger partial charge in [-0.15, -0.1) is 0 Å². The Morgan fingerprint density at radius 2 is 2.00 bits per heavy atom. The second-order valence-corrected chi connectivity index (χ2v) is 4.30. The highest BCUT2D eigenvalue weighted by atomic mass is 16.6. The molecule has 1 aliphatic rings. The summed E-state index contributed by atoms with van der Waals surface area (Å²) in [4.78, 5) is 24.2. The first-order valence-electron chi connectivity index (χ1n) is 6.25. The van der Waals surface area contributed by atoms with Gasteiger partial charge in [0.15, 0.2) is 0 Å². The third-order valence-corrected chi connectivity index (χ3v) is 2.99. The largest absolute Gasteiger partial charge is 0.448 e. The number of carbonyl (C=O) groups excluding carboxylic acids is 2. The average Bonchev–Trinajstić information content (AvgIpc) is 2.96. The van der Waals surface area contributed by atoms with Crippen LogP contribution in [0.1, 0.15) is 35.2 Å². The monoisotopic (exact) mass is 267 g/mol. The molecule has 0 saturated carbocycles. The fourth-order valence-electron chi connectivity index (χ4n) is 2.13. The number of amides is 2. The number of aryl methyl sites for hydroxylation is 2. The number of rotatable bonds is 2. The molecule has 1 aromatic rings. The van der Waals surface area contributed by atoms with E-state index in [1.54, 1.807) is 20.8 Å². The summed E-state index contributed by atoms with van der Waals surface area (Å²) >= 11 is 0. The molecule has 0 radical (unpaired) electrons. The number of nitrogens with zero attached hydrogens (tertiary/aromatic N) is 3. The van der Waals surface area contributed by atoms with Gasteiger partial charge in [0.1, 0.15) is 11.3 Å². The third-order valence-electron chi connectivity index (χ3n) is 2.99. The zero-order valence-electron chi connectivity index (χ0n) is 11.3. The molecule has 1 saturated heterocycles. The van der Waals surface area contributed by atoms with Crippen molar-refractivity contribution in [3.63, 3.8) is 0 Å². The minimum Gasteiger partial charge on any atom is -0.448 e. The zero-order chi connectivity index (χ0) is 14.0. The lowest BCUT2D eigenvalue weighted by molar-refractivity contribution is 0.0144. The van der Waals surface area contributed by atoms with Crippen LogP contribution in [0.5, 0.6) is 0 Å². The summed E-state index contributed by atoms with van der Waals surface area (Å²) in [6.07, 6.45) is 0.230. The Morgan fingerprint density at radius 3 is 2.58 bits per heavy atom. The number of hydrogen-bond donors (Lipinski definition) is 0. The van der Waals surface area contributed by atoms with Crippen molar-refractivity contribution in [1.82, 2.24) is 15.2 Å². The van der Waals surface area contributed by atoms with Gasteiger partial charge in [-0.25, -0.2) is 14.8 Å². The van der Waals surface area contributed by atoms with Gasteiger partial charge in [-0.05, 0) is 27.2 Å². The van der Waals surface area contributed by atoms with E-state index in [0.29, 0.717) is 30.1 Å². The summed E-state index contributed by atoms with van der Waals surface area (Å²) in [5.74, 6) is 0.181. The van der Waals surface area contributed by atoms with E-state index in [1.165, 1.54) is 10.0 Å². The van der Waals surface area contributed by atoms with Crippen LogP contribution >= 0.6 is 0 Å². The van der Waals surface area contributed by atoms with Gasteiger partial charge in [0.25, 0.3) is 5.91 Å². The molecular weight excluding hydrogens is 250 g/mol. The van der Waals surface area contributed by atoms with Gasteiger partial charge in [0, 0.05) is 13.1 Å². The molecule has 104 valence electrons. The molecule has 0 aromatic carbocycles. The number of hydrazine groups is 1. The maximum Gasteiger partial charge on any atom is 0.428 e. The maximum absolute atomic E-state index is 12.4. The van der Waals surface area contributed by atoms with E-state index >= 15 is 0 Å². The first-order chi connectivity index (χ1) is 9.06. The van der Waals surface area contributed by atoms with Gasteiger partial charge in [-0.1, -0.05) is 5.16 Å². The second kappa shape index (κ2) is 5.29. The molecule has 0 unspecified atom stereocenters. The Kier molecular flexibility index (Phi) is 3.73. The van der Waals surface area contributed by atoms with E-state index in [2.05, 4.69) is 5.16 Å². The van der Waals surface area contributed by atoms with Gasteiger partial charge in [0.05, 0.1) is 12.3 Å². The van der Waals surface area contributed by atoms with Crippen molar-refractivity contribution in [2.45, 2.75) is 27.2 Å². The first-order valence-corrected chi connectivity index (χ1v) is 6.25. The molecule has 0 spiro atoms. The molecule has 1 fully saturated rings. The van der Waals surface area contributed by atoms with Gasteiger partial charge < -0.3 is 9.26 Å². The molecule has 2 heterocycles. The molecule has 0 aliphatic carbocycles. The molecule has 0 atom stereocenters. The molecule has 19 heavy (non-hydrogen) atoms. The van der Waals surface area contributed by atoms with Crippen molar-refractivity contribution in [3.05, 3.63) is 17.0 Å². The van der Waals surface area contributed by atoms with E-state index < -0.39 is 6.09 Å². The van der Waals surface area contributed by atoms with Crippen LogP contribution in [0.3, 0.4) is 0 Å². The van der Waals surface area contributed by atoms with Crippen LogP contribution in [-0.2, 0) is 4.74 Å². The third kappa shape index (κ3) is 2.40. The van der Waals surface area contributed by atoms with Crippen molar-refractivity contribution in [2.24, 2.45) is 0 Å². The quantitative estimate of drug-likeness (QED) is 0.811. The SMILES string of the molecule is CCOC(=O)N1CCCN1C(=O)c1c(C)noc1C. The first kappa shape index (κ1) is 13.4. The van der Waals surface area contributed by atoms with Crippen LogP contribution < -0.4 is 0 Å². The molecule has 7 heteroatoms. The Labute approximate surface area is 111 Å². The minimum atomic E-state index is -0.500. The fraction of sp³-hybridized carbons (Fsp3) is 0.583. The molecule has 2 amide bonds. The summed E-state index contributed by atoms with van der Waals surface area (Å²) in [5.41, 5.74) is 0.939. The van der Waals surface area contributed by atoms with E-state index in [-0.39, 0.29) is 12.5 Å². The van der Waals surface area contributed by atoms with Crippen molar-refractivity contribution >= 4 is 12.0 Å². The Morgan fingerprint density at radius 1 is 1.32 bits per heavy atom. The number of ether oxygens (including phenoxy) is 1. The fourth-order valence-corrected chi connectivity index (χ4v) is 2.13. The smallest absolute Gasteiger partial charge is 0.428 e. The van der Waals surface area contributed by atoms with E-state index in [9.17, 15) is 9.59 Å². The summed E-state index contributed by atoms with van der Waals surface area (Å²) in [6.45, 7) is 6.36. The average molecular weight is 267 g/mol. The van der Waals surface area contributed by atoms with Crippen molar-refractivity contribution < 1.29 is 18.8 Å². The predicted octanol–water partition coefficient (Wildman–Crippen LogP) is 1.51. The van der Waals surface area contributed by atoms with Crippen LogP contribution in [0, 0.1) is 13.8 Å². The van der Waals surface area contributed by atoms with Crippen LogP contribution in [0.15, 0.2) is 4.52 Å². The van der Waals surface area contributed by atoms with E-state index in [4.69, 9.17) is 9.26 Å². The topological polar surface area (TPSA) is 75.9 Å². The summed E-state index contributed by atoms with van der Waals surface area (Å²) < 4.78 is 9.93. The van der Waals surface area contributed by atoms with Crippen LogP contribution in [0.2, 0.25) is 0 Å². The molecule has 0 bridgehead atoms. The molecule has 1 aliphatic heterocycles. The summed E-state index contributed by atoms with van der Waals surface area (Å²) in [5, 5.41) is 6.48. The Bertz CT molecular complexity index is 478. The van der Waals surface area contributed by atoms with Crippen molar-refractivity contribution in [2.75, 3.05) is 19.7 Å². The molecular formula is C12H17N3O4. The predicted molar refractivity (Wildman–Crippen MR) is 65.4 cm³/mol. The normalized spacial score (nSPS) is 14.9. The van der Waals surface area contributed by atoms with Crippen LogP contribution in [0.4, 0.5) is 4.79 Å². The highest BCUT2D eigenvalue weighted by Crippen LogP contribution is 2.20.